The first-order valence-electron chi connectivity index (χ1n) is 12.8. The molecule has 0 amide bonds. The molecule has 1 atom stereocenters. The van der Waals surface area contributed by atoms with E-state index in [2.05, 4.69) is 13.0 Å². The van der Waals surface area contributed by atoms with E-state index in [-0.39, 0.29) is 0 Å². The number of benzene rings is 1. The highest BCUT2D eigenvalue weighted by atomic mass is 19.2. The molecule has 1 saturated carbocycles. The number of aryl methyl sites for hydroxylation is 1. The molecule has 30 heavy (non-hydrogen) atoms. The van der Waals surface area contributed by atoms with Crippen LogP contribution in [0.4, 0.5) is 8.78 Å². The predicted molar refractivity (Wildman–Crippen MR) is 124 cm³/mol. The summed E-state index contributed by atoms with van der Waals surface area (Å²) in [6.45, 7) is 2.30. The first-order chi connectivity index (χ1) is 14.6. The van der Waals surface area contributed by atoms with Gasteiger partial charge in [0.05, 0.1) is 0 Å². The Labute approximate surface area is 183 Å². The summed E-state index contributed by atoms with van der Waals surface area (Å²) in [7, 11) is 0. The lowest BCUT2D eigenvalue weighted by Gasteiger charge is -2.30. The van der Waals surface area contributed by atoms with E-state index in [0.717, 1.165) is 36.2 Å². The molecular weight excluding hydrogens is 374 g/mol. The van der Waals surface area contributed by atoms with Crippen LogP contribution in [0.3, 0.4) is 0 Å². The topological polar surface area (TPSA) is 0 Å². The van der Waals surface area contributed by atoms with Crippen molar-refractivity contribution in [1.82, 2.24) is 0 Å². The second-order valence-electron chi connectivity index (χ2n) is 10.1. The second kappa shape index (κ2) is 12.6. The van der Waals surface area contributed by atoms with Crippen molar-refractivity contribution >= 4 is 0 Å². The Kier molecular flexibility index (Phi) is 9.88. The predicted octanol–water partition coefficient (Wildman–Crippen LogP) is 9.18. The lowest BCUT2D eigenvalue weighted by Crippen LogP contribution is -2.16. The van der Waals surface area contributed by atoms with Gasteiger partial charge in [0.25, 0.3) is 0 Å². The summed E-state index contributed by atoms with van der Waals surface area (Å²) >= 11 is 0. The highest BCUT2D eigenvalue weighted by Crippen LogP contribution is 2.37. The Balaban J connectivity index is 1.28. The SMILES string of the molecule is CCCCCCC1CCC(CCC2CC=C(CCc3ccc(F)c(F)c3)CC2)CC1. The van der Waals surface area contributed by atoms with Crippen molar-refractivity contribution in [2.45, 2.75) is 110 Å². The van der Waals surface area contributed by atoms with E-state index in [1.165, 1.54) is 108 Å². The second-order valence-corrected chi connectivity index (χ2v) is 10.1. The third-order valence-corrected chi connectivity index (χ3v) is 7.75. The van der Waals surface area contributed by atoms with E-state index in [0.29, 0.717) is 0 Å². The van der Waals surface area contributed by atoms with Crippen molar-refractivity contribution in [3.8, 4) is 0 Å². The molecule has 0 aliphatic heterocycles. The van der Waals surface area contributed by atoms with Crippen LogP contribution in [-0.4, -0.2) is 0 Å². The molecule has 0 N–H and O–H groups in total. The van der Waals surface area contributed by atoms with E-state index in [9.17, 15) is 8.78 Å². The maximum Gasteiger partial charge on any atom is 0.159 e. The summed E-state index contributed by atoms with van der Waals surface area (Å²) in [5, 5.41) is 0. The smallest absolute Gasteiger partial charge is 0.159 e. The van der Waals surface area contributed by atoms with Crippen molar-refractivity contribution < 1.29 is 8.78 Å². The maximum absolute atomic E-state index is 13.3. The highest BCUT2D eigenvalue weighted by Gasteiger charge is 2.22. The molecule has 1 unspecified atom stereocenters. The lowest BCUT2D eigenvalue weighted by atomic mass is 9.76. The molecule has 0 saturated heterocycles. The third-order valence-electron chi connectivity index (χ3n) is 7.75. The van der Waals surface area contributed by atoms with Crippen LogP contribution in [-0.2, 0) is 6.42 Å². The van der Waals surface area contributed by atoms with Gasteiger partial charge < -0.3 is 0 Å². The minimum absolute atomic E-state index is 0.726. The van der Waals surface area contributed by atoms with Crippen molar-refractivity contribution in [2.75, 3.05) is 0 Å². The number of allylic oxidation sites excluding steroid dienone is 2. The Hall–Kier alpha value is -1.18. The molecule has 0 spiro atoms. The van der Waals surface area contributed by atoms with E-state index in [4.69, 9.17) is 0 Å². The van der Waals surface area contributed by atoms with Crippen LogP contribution in [0.25, 0.3) is 0 Å². The van der Waals surface area contributed by atoms with E-state index in [1.807, 2.05) is 0 Å². The molecule has 1 aromatic carbocycles. The quantitative estimate of drug-likeness (QED) is 0.249. The summed E-state index contributed by atoms with van der Waals surface area (Å²) in [5.41, 5.74) is 2.41. The zero-order valence-electron chi connectivity index (χ0n) is 19.1. The fourth-order valence-corrected chi connectivity index (χ4v) is 5.57. The van der Waals surface area contributed by atoms with Crippen LogP contribution in [0, 0.1) is 29.4 Å². The van der Waals surface area contributed by atoms with Gasteiger partial charge in [0, 0.05) is 0 Å². The molecule has 0 aromatic heterocycles. The molecule has 2 aliphatic rings. The molecule has 2 heteroatoms. The number of hydrogen-bond donors (Lipinski definition) is 0. The zero-order valence-corrected chi connectivity index (χ0v) is 19.1. The molecule has 0 bridgehead atoms. The number of hydrogen-bond acceptors (Lipinski definition) is 0. The molecule has 0 nitrogen and oxygen atoms in total. The summed E-state index contributed by atoms with van der Waals surface area (Å²) in [5.74, 6) is 1.39. The van der Waals surface area contributed by atoms with Gasteiger partial charge in [0.1, 0.15) is 0 Å². The third kappa shape index (κ3) is 7.82. The highest BCUT2D eigenvalue weighted by molar-refractivity contribution is 5.19. The van der Waals surface area contributed by atoms with Gasteiger partial charge >= 0.3 is 0 Å². The summed E-state index contributed by atoms with van der Waals surface area (Å²) in [6.07, 6.45) is 23.9. The van der Waals surface area contributed by atoms with Crippen LogP contribution in [0.2, 0.25) is 0 Å². The van der Waals surface area contributed by atoms with Crippen molar-refractivity contribution in [2.24, 2.45) is 17.8 Å². The Bertz CT molecular complexity index is 655. The van der Waals surface area contributed by atoms with Gasteiger partial charge in [-0.25, -0.2) is 8.78 Å². The fraction of sp³-hybridized carbons (Fsp3) is 0.714. The van der Waals surface area contributed by atoms with Gasteiger partial charge in [-0.2, -0.15) is 0 Å². The number of rotatable bonds is 11. The van der Waals surface area contributed by atoms with Crippen LogP contribution in [0.1, 0.15) is 109 Å². The lowest BCUT2D eigenvalue weighted by molar-refractivity contribution is 0.234. The Morgan fingerprint density at radius 3 is 2.17 bits per heavy atom. The van der Waals surface area contributed by atoms with Crippen LogP contribution in [0.15, 0.2) is 29.8 Å². The Morgan fingerprint density at radius 1 is 0.767 bits per heavy atom. The van der Waals surface area contributed by atoms with Crippen molar-refractivity contribution in [1.29, 1.82) is 0 Å². The van der Waals surface area contributed by atoms with Crippen molar-refractivity contribution in [3.63, 3.8) is 0 Å². The van der Waals surface area contributed by atoms with Gasteiger partial charge in [-0.05, 0) is 74.0 Å². The number of halogens is 2. The van der Waals surface area contributed by atoms with Crippen LogP contribution >= 0.6 is 0 Å². The largest absolute Gasteiger partial charge is 0.204 e. The molecule has 1 aromatic rings. The molecule has 168 valence electrons. The van der Waals surface area contributed by atoms with Gasteiger partial charge in [0.2, 0.25) is 0 Å². The molecule has 1 fully saturated rings. The molecular formula is C28H42F2. The Morgan fingerprint density at radius 2 is 1.50 bits per heavy atom. The standard InChI is InChI=1S/C28H42F2/c1-2-3-4-5-6-22-7-9-23(10-8-22)11-12-24-13-15-25(16-14-24)17-18-26-19-20-27(29)28(30)21-26/h15,19-24H,2-14,16-18H2,1H3. The average molecular weight is 417 g/mol. The average Bonchev–Trinajstić information content (AvgIpc) is 2.77. The summed E-state index contributed by atoms with van der Waals surface area (Å²) in [4.78, 5) is 0. The minimum atomic E-state index is -0.751. The van der Waals surface area contributed by atoms with Crippen molar-refractivity contribution in [3.05, 3.63) is 47.0 Å². The molecule has 0 radical (unpaired) electrons. The van der Waals surface area contributed by atoms with E-state index in [1.54, 1.807) is 6.07 Å². The van der Waals surface area contributed by atoms with Crippen LogP contribution in [0.5, 0.6) is 0 Å². The first kappa shape index (κ1) is 23.5. The van der Waals surface area contributed by atoms with Crippen LogP contribution < -0.4 is 0 Å². The fourth-order valence-electron chi connectivity index (χ4n) is 5.57. The van der Waals surface area contributed by atoms with E-state index >= 15 is 0 Å². The van der Waals surface area contributed by atoms with E-state index < -0.39 is 11.6 Å². The van der Waals surface area contributed by atoms with Gasteiger partial charge in [-0.1, -0.05) is 88.8 Å². The van der Waals surface area contributed by atoms with Gasteiger partial charge in [0.15, 0.2) is 11.6 Å². The zero-order chi connectivity index (χ0) is 21.2. The van der Waals surface area contributed by atoms with Gasteiger partial charge in [-0.15, -0.1) is 0 Å². The molecule has 0 heterocycles. The van der Waals surface area contributed by atoms with Gasteiger partial charge in [-0.3, -0.25) is 0 Å². The first-order valence-corrected chi connectivity index (χ1v) is 12.8. The molecule has 3 rings (SSSR count). The number of unbranched alkanes of at least 4 members (excludes halogenated alkanes) is 3. The minimum Gasteiger partial charge on any atom is -0.204 e. The molecule has 2 aliphatic carbocycles. The normalized spacial score (nSPS) is 24.6. The monoisotopic (exact) mass is 416 g/mol. The summed E-state index contributed by atoms with van der Waals surface area (Å²) in [6, 6.07) is 4.31. The maximum atomic E-state index is 13.3. The summed E-state index contributed by atoms with van der Waals surface area (Å²) < 4.78 is 26.4.